The molecule has 1 aliphatic heterocycles. The Labute approximate surface area is 110 Å². The fraction of sp³-hybridized carbons (Fsp3) is 0.583. The van der Waals surface area contributed by atoms with E-state index in [1.165, 1.54) is 5.56 Å². The van der Waals surface area contributed by atoms with E-state index in [0.717, 1.165) is 24.2 Å². The quantitative estimate of drug-likeness (QED) is 0.795. The maximum absolute atomic E-state index is 5.41. The van der Waals surface area contributed by atoms with Gasteiger partial charge in [0.2, 0.25) is 0 Å². The molecular weight excluding hydrogens is 284 g/mol. The predicted octanol–water partition coefficient (Wildman–Crippen LogP) is 1.83. The highest BCUT2D eigenvalue weighted by Gasteiger charge is 2.33. The first-order valence-electron chi connectivity index (χ1n) is 5.60. The van der Waals surface area contributed by atoms with Crippen LogP contribution in [0, 0.1) is 0 Å². The number of anilines is 1. The summed E-state index contributed by atoms with van der Waals surface area (Å²) in [5, 5.41) is 0.835. The molecule has 2 rings (SSSR count). The number of rotatable bonds is 4. The number of methoxy groups -OCH3 is 2. The van der Waals surface area contributed by atoms with Crippen molar-refractivity contribution in [2.75, 3.05) is 32.2 Å². The minimum absolute atomic E-state index is 0.123. The monoisotopic (exact) mass is 300 g/mol. The van der Waals surface area contributed by atoms with Crippen LogP contribution in [0.15, 0.2) is 18.3 Å². The van der Waals surface area contributed by atoms with Gasteiger partial charge in [0.05, 0.1) is 0 Å². The van der Waals surface area contributed by atoms with Crippen molar-refractivity contribution in [3.8, 4) is 0 Å². The average molecular weight is 301 g/mol. The lowest BCUT2D eigenvalue weighted by atomic mass is 10.3. The summed E-state index contributed by atoms with van der Waals surface area (Å²) in [5.41, 5.74) is 1.18. The maximum Gasteiger partial charge on any atom is 0.128 e. The lowest BCUT2D eigenvalue weighted by Gasteiger charge is -2.16. The fourth-order valence-corrected chi connectivity index (χ4v) is 2.40. The fourth-order valence-electron chi connectivity index (χ4n) is 2.07. The van der Waals surface area contributed by atoms with E-state index in [1.54, 1.807) is 14.2 Å². The number of hydrogen-bond acceptors (Lipinski definition) is 4. The van der Waals surface area contributed by atoms with E-state index in [2.05, 4.69) is 31.9 Å². The summed E-state index contributed by atoms with van der Waals surface area (Å²) >= 11 is 3.41. The molecule has 94 valence electrons. The van der Waals surface area contributed by atoms with Crippen molar-refractivity contribution in [2.24, 2.45) is 0 Å². The van der Waals surface area contributed by atoms with Crippen LogP contribution in [-0.4, -0.2) is 44.5 Å². The Balaban J connectivity index is 2.07. The third kappa shape index (κ3) is 2.78. The van der Waals surface area contributed by atoms with Crippen molar-refractivity contribution >= 4 is 21.7 Å². The van der Waals surface area contributed by atoms with Gasteiger partial charge in [0.1, 0.15) is 18.0 Å². The zero-order valence-corrected chi connectivity index (χ0v) is 11.7. The lowest BCUT2D eigenvalue weighted by molar-refractivity contribution is -0.00461. The molecule has 1 saturated heterocycles. The zero-order valence-electron chi connectivity index (χ0n) is 10.1. The number of hydrogen-bond donors (Lipinski definition) is 0. The van der Waals surface area contributed by atoms with Gasteiger partial charge in [0.25, 0.3) is 0 Å². The molecule has 1 aliphatic rings. The Kier molecular flexibility index (Phi) is 4.36. The molecular formula is C12H17BrN2O2. The van der Waals surface area contributed by atoms with E-state index < -0.39 is 0 Å². The molecule has 2 heterocycles. The molecule has 2 unspecified atom stereocenters. The van der Waals surface area contributed by atoms with Gasteiger partial charge < -0.3 is 14.4 Å². The normalized spacial score (nSPS) is 24.3. The zero-order chi connectivity index (χ0) is 12.3. The summed E-state index contributed by atoms with van der Waals surface area (Å²) in [4.78, 5) is 6.65. The first kappa shape index (κ1) is 12.8. The van der Waals surface area contributed by atoms with Crippen molar-refractivity contribution in [3.63, 3.8) is 0 Å². The van der Waals surface area contributed by atoms with Gasteiger partial charge >= 0.3 is 0 Å². The molecule has 5 heteroatoms. The minimum atomic E-state index is 0.123. The number of aromatic nitrogens is 1. The molecule has 0 spiro atoms. The van der Waals surface area contributed by atoms with E-state index in [9.17, 15) is 0 Å². The van der Waals surface area contributed by atoms with Crippen molar-refractivity contribution in [1.29, 1.82) is 0 Å². The summed E-state index contributed by atoms with van der Waals surface area (Å²) in [6.07, 6.45) is 2.14. The molecule has 0 amide bonds. The van der Waals surface area contributed by atoms with Gasteiger partial charge in [-0.25, -0.2) is 4.98 Å². The molecule has 0 saturated carbocycles. The second-order valence-corrected chi connectivity index (χ2v) is 4.67. The second kappa shape index (κ2) is 5.80. The topological polar surface area (TPSA) is 34.6 Å². The Hall–Kier alpha value is -0.650. The Morgan fingerprint density at radius 1 is 1.29 bits per heavy atom. The number of pyridine rings is 1. The summed E-state index contributed by atoms with van der Waals surface area (Å²) in [6.45, 7) is 1.66. The van der Waals surface area contributed by atoms with Crippen LogP contribution < -0.4 is 4.90 Å². The Bertz CT molecular complexity index is 346. The molecule has 0 N–H and O–H groups in total. The highest BCUT2D eigenvalue weighted by Crippen LogP contribution is 2.22. The number of nitrogens with zero attached hydrogens (tertiary/aromatic N) is 2. The summed E-state index contributed by atoms with van der Waals surface area (Å²) in [5.74, 6) is 0.983. The van der Waals surface area contributed by atoms with Crippen LogP contribution in [0.4, 0.5) is 5.82 Å². The summed E-state index contributed by atoms with van der Waals surface area (Å²) in [7, 11) is 3.45. The third-order valence-electron chi connectivity index (χ3n) is 3.11. The molecule has 1 fully saturated rings. The van der Waals surface area contributed by atoms with Crippen LogP contribution >= 0.6 is 15.9 Å². The minimum Gasteiger partial charge on any atom is -0.377 e. The predicted molar refractivity (Wildman–Crippen MR) is 70.7 cm³/mol. The van der Waals surface area contributed by atoms with E-state index in [1.807, 2.05) is 12.3 Å². The molecule has 1 aromatic heterocycles. The van der Waals surface area contributed by atoms with Crippen LogP contribution in [0.2, 0.25) is 0 Å². The first-order valence-corrected chi connectivity index (χ1v) is 6.72. The van der Waals surface area contributed by atoms with Crippen LogP contribution in [0.25, 0.3) is 0 Å². The van der Waals surface area contributed by atoms with E-state index in [0.29, 0.717) is 0 Å². The first-order chi connectivity index (χ1) is 8.28. The second-order valence-electron chi connectivity index (χ2n) is 4.11. The molecule has 0 aromatic carbocycles. The lowest BCUT2D eigenvalue weighted by Crippen LogP contribution is -2.27. The van der Waals surface area contributed by atoms with Crippen LogP contribution in [-0.2, 0) is 14.8 Å². The van der Waals surface area contributed by atoms with Gasteiger partial charge in [0.15, 0.2) is 0 Å². The molecule has 17 heavy (non-hydrogen) atoms. The maximum atomic E-state index is 5.41. The van der Waals surface area contributed by atoms with Crippen LogP contribution in [0.3, 0.4) is 0 Å². The van der Waals surface area contributed by atoms with Gasteiger partial charge in [-0.05, 0) is 11.6 Å². The van der Waals surface area contributed by atoms with Gasteiger partial charge in [-0.2, -0.15) is 0 Å². The summed E-state index contributed by atoms with van der Waals surface area (Å²) in [6, 6.07) is 4.13. The Morgan fingerprint density at radius 3 is 2.35 bits per heavy atom. The Morgan fingerprint density at radius 2 is 1.94 bits per heavy atom. The van der Waals surface area contributed by atoms with Crippen molar-refractivity contribution in [2.45, 2.75) is 17.5 Å². The number of ether oxygens (including phenoxy) is 2. The molecule has 4 nitrogen and oxygen atoms in total. The molecule has 0 radical (unpaired) electrons. The van der Waals surface area contributed by atoms with Crippen molar-refractivity contribution in [3.05, 3.63) is 23.9 Å². The highest BCUT2D eigenvalue weighted by atomic mass is 79.9. The molecule has 1 aromatic rings. The van der Waals surface area contributed by atoms with E-state index in [-0.39, 0.29) is 12.2 Å². The molecule has 0 aliphatic carbocycles. The van der Waals surface area contributed by atoms with Gasteiger partial charge in [0, 0.05) is 38.8 Å². The van der Waals surface area contributed by atoms with Crippen LogP contribution in [0.1, 0.15) is 5.56 Å². The average Bonchev–Trinajstić information content (AvgIpc) is 2.82. The van der Waals surface area contributed by atoms with E-state index >= 15 is 0 Å². The van der Waals surface area contributed by atoms with Gasteiger partial charge in [-0.15, -0.1) is 0 Å². The smallest absolute Gasteiger partial charge is 0.128 e. The highest BCUT2D eigenvalue weighted by molar-refractivity contribution is 9.08. The standard InChI is InChI=1S/C12H17BrN2O2/c1-16-10-7-15(8-11(10)17-2)12-4-3-9(5-13)6-14-12/h3-4,6,10-11H,5,7-8H2,1-2H3. The molecule has 0 bridgehead atoms. The third-order valence-corrected chi connectivity index (χ3v) is 3.76. The van der Waals surface area contributed by atoms with Crippen molar-refractivity contribution < 1.29 is 9.47 Å². The summed E-state index contributed by atoms with van der Waals surface area (Å²) < 4.78 is 10.8. The van der Waals surface area contributed by atoms with E-state index in [4.69, 9.17) is 9.47 Å². The number of alkyl halides is 1. The van der Waals surface area contributed by atoms with Gasteiger partial charge in [-0.1, -0.05) is 22.0 Å². The SMILES string of the molecule is COC1CN(c2ccc(CBr)cn2)CC1OC. The largest absolute Gasteiger partial charge is 0.377 e. The van der Waals surface area contributed by atoms with Crippen molar-refractivity contribution in [1.82, 2.24) is 4.98 Å². The van der Waals surface area contributed by atoms with Gasteiger partial charge in [-0.3, -0.25) is 0 Å². The van der Waals surface area contributed by atoms with Crippen LogP contribution in [0.5, 0.6) is 0 Å². The number of halogens is 1. The molecule has 2 atom stereocenters.